The number of carbonyl (C=O) groups is 1. The molecule has 1 aromatic heterocycles. The van der Waals surface area contributed by atoms with Crippen molar-refractivity contribution in [3.05, 3.63) is 47.3 Å². The second-order valence-corrected chi connectivity index (χ2v) is 5.40. The van der Waals surface area contributed by atoms with Crippen molar-refractivity contribution in [2.24, 2.45) is 0 Å². The molecule has 0 aliphatic rings. The van der Waals surface area contributed by atoms with E-state index in [1.54, 1.807) is 0 Å². The van der Waals surface area contributed by atoms with Crippen LogP contribution in [0.25, 0.3) is 5.69 Å². The maximum atomic E-state index is 12.0. The van der Waals surface area contributed by atoms with E-state index in [2.05, 4.69) is 10.4 Å². The minimum atomic E-state index is -4.47. The van der Waals surface area contributed by atoms with Crippen LogP contribution in [0.4, 0.5) is 13.2 Å². The first-order chi connectivity index (χ1) is 10.7. The van der Waals surface area contributed by atoms with Gasteiger partial charge in [-0.25, -0.2) is 4.68 Å². The zero-order valence-corrected chi connectivity index (χ0v) is 12.9. The van der Waals surface area contributed by atoms with E-state index in [9.17, 15) is 18.0 Å². The Morgan fingerprint density at radius 2 is 1.87 bits per heavy atom. The fourth-order valence-electron chi connectivity index (χ4n) is 2.28. The summed E-state index contributed by atoms with van der Waals surface area (Å²) in [6.45, 7) is 4.06. The van der Waals surface area contributed by atoms with Gasteiger partial charge >= 0.3 is 6.18 Å². The predicted octanol–water partition coefficient (Wildman–Crippen LogP) is 3.10. The molecule has 2 aromatic rings. The summed E-state index contributed by atoms with van der Waals surface area (Å²) < 4.78 is 37.9. The highest BCUT2D eigenvalue weighted by atomic mass is 19.4. The maximum absolute atomic E-state index is 12.0. The first-order valence-electron chi connectivity index (χ1n) is 7.20. The van der Waals surface area contributed by atoms with E-state index < -0.39 is 18.5 Å². The Labute approximate surface area is 132 Å². The Balaban J connectivity index is 1.88. The average molecular weight is 325 g/mol. The lowest BCUT2D eigenvalue weighted by Gasteiger charge is -2.09. The molecule has 0 saturated heterocycles. The summed E-state index contributed by atoms with van der Waals surface area (Å²) in [6.07, 6.45) is -5.43. The summed E-state index contributed by atoms with van der Waals surface area (Å²) in [4.78, 5) is 11.1. The molecule has 0 radical (unpaired) electrons. The number of nitrogens with zero attached hydrogens (tertiary/aromatic N) is 2. The summed E-state index contributed by atoms with van der Waals surface area (Å²) in [7, 11) is 0. The van der Waals surface area contributed by atoms with Crippen molar-refractivity contribution in [3.63, 3.8) is 0 Å². The number of benzene rings is 1. The first kappa shape index (κ1) is 17.1. The highest BCUT2D eigenvalue weighted by Crippen LogP contribution is 2.19. The van der Waals surface area contributed by atoms with Gasteiger partial charge in [-0.3, -0.25) is 4.79 Å². The number of hydrogen-bond acceptors (Lipinski definition) is 2. The molecule has 0 spiro atoms. The lowest BCUT2D eigenvalue weighted by atomic mass is 10.1. The van der Waals surface area contributed by atoms with Crippen molar-refractivity contribution in [2.75, 3.05) is 6.54 Å². The molecule has 2 rings (SSSR count). The van der Waals surface area contributed by atoms with Crippen LogP contribution < -0.4 is 5.32 Å². The molecule has 7 heteroatoms. The highest BCUT2D eigenvalue weighted by molar-refractivity contribution is 5.76. The minimum absolute atomic E-state index is 0.175. The number of hydrogen-bond donors (Lipinski definition) is 1. The van der Waals surface area contributed by atoms with Gasteiger partial charge in [0.2, 0.25) is 5.91 Å². The highest BCUT2D eigenvalue weighted by Gasteiger charge is 2.30. The van der Waals surface area contributed by atoms with E-state index >= 15 is 0 Å². The Morgan fingerprint density at radius 3 is 2.39 bits per heavy atom. The lowest BCUT2D eigenvalue weighted by molar-refractivity contribution is -0.153. The smallest absolute Gasteiger partial charge is 0.355 e. The summed E-state index contributed by atoms with van der Waals surface area (Å²) in [5, 5.41) is 6.65. The van der Waals surface area contributed by atoms with Crippen LogP contribution in [-0.4, -0.2) is 28.4 Å². The van der Waals surface area contributed by atoms with Crippen LogP contribution in [0.3, 0.4) is 0 Å². The van der Waals surface area contributed by atoms with E-state index in [4.69, 9.17) is 0 Å². The van der Waals surface area contributed by atoms with Gasteiger partial charge in [0.05, 0.1) is 11.4 Å². The number of halogens is 3. The molecule has 0 saturated carbocycles. The Kier molecular flexibility index (Phi) is 5.08. The number of nitrogens with one attached hydrogen (secondary N) is 1. The monoisotopic (exact) mass is 325 g/mol. The molecule has 23 heavy (non-hydrogen) atoms. The van der Waals surface area contributed by atoms with Crippen molar-refractivity contribution in [1.82, 2.24) is 15.1 Å². The van der Waals surface area contributed by atoms with Crippen LogP contribution in [0.15, 0.2) is 30.3 Å². The molecule has 0 atom stereocenters. The maximum Gasteiger partial charge on any atom is 0.397 e. The van der Waals surface area contributed by atoms with Gasteiger partial charge < -0.3 is 5.32 Å². The van der Waals surface area contributed by atoms with Crippen LogP contribution in [0, 0.1) is 13.8 Å². The number of aromatic nitrogens is 2. The van der Waals surface area contributed by atoms with Gasteiger partial charge in [-0.1, -0.05) is 12.1 Å². The molecule has 124 valence electrons. The molecule has 4 nitrogen and oxygen atoms in total. The summed E-state index contributed by atoms with van der Waals surface area (Å²) >= 11 is 0. The largest absolute Gasteiger partial charge is 0.397 e. The molecule has 1 N–H and O–H groups in total. The molecule has 0 aliphatic heterocycles. The van der Waals surface area contributed by atoms with Crippen molar-refractivity contribution in [1.29, 1.82) is 0 Å². The molecule has 0 bridgehead atoms. The van der Waals surface area contributed by atoms with Crippen LogP contribution in [-0.2, 0) is 11.2 Å². The number of amides is 1. The quantitative estimate of drug-likeness (QED) is 0.918. The fraction of sp³-hybridized carbons (Fsp3) is 0.375. The van der Waals surface area contributed by atoms with E-state index in [1.807, 2.05) is 48.9 Å². The molecule has 1 heterocycles. The summed E-state index contributed by atoms with van der Waals surface area (Å²) in [5.74, 6) is -1.00. The van der Waals surface area contributed by atoms with E-state index in [0.717, 1.165) is 22.6 Å². The van der Waals surface area contributed by atoms with Crippen molar-refractivity contribution >= 4 is 5.91 Å². The second-order valence-electron chi connectivity index (χ2n) is 5.40. The molecular weight excluding hydrogens is 307 g/mol. The molecular formula is C16H18F3N3O. The lowest BCUT2D eigenvalue weighted by Crippen LogP contribution is -2.30. The average Bonchev–Trinajstić information content (AvgIpc) is 2.76. The van der Waals surface area contributed by atoms with Gasteiger partial charge in [-0.15, -0.1) is 0 Å². The van der Waals surface area contributed by atoms with Crippen molar-refractivity contribution < 1.29 is 18.0 Å². The van der Waals surface area contributed by atoms with Crippen LogP contribution >= 0.6 is 0 Å². The van der Waals surface area contributed by atoms with E-state index in [0.29, 0.717) is 6.42 Å². The van der Waals surface area contributed by atoms with E-state index in [-0.39, 0.29) is 6.54 Å². The summed E-state index contributed by atoms with van der Waals surface area (Å²) in [5.41, 5.74) is 3.80. The number of aryl methyl sites for hydroxylation is 2. The Morgan fingerprint density at radius 1 is 1.22 bits per heavy atom. The normalized spacial score (nSPS) is 11.5. The van der Waals surface area contributed by atoms with Gasteiger partial charge in [0.15, 0.2) is 0 Å². The molecule has 1 aromatic carbocycles. The zero-order chi connectivity index (χ0) is 17.0. The van der Waals surface area contributed by atoms with Gasteiger partial charge in [-0.2, -0.15) is 18.3 Å². The third-order valence-corrected chi connectivity index (χ3v) is 3.29. The third kappa shape index (κ3) is 5.12. The molecule has 0 aliphatic carbocycles. The van der Waals surface area contributed by atoms with Crippen LogP contribution in [0.2, 0.25) is 0 Å². The molecule has 0 unspecified atom stereocenters. The zero-order valence-electron chi connectivity index (χ0n) is 12.9. The molecule has 0 fully saturated rings. The number of rotatable bonds is 5. The standard InChI is InChI=1S/C16H18F3N3O/c1-11-9-12(2)22(21-11)14-5-3-13(4-6-14)7-8-20-15(23)10-16(17,18)19/h3-6,9H,7-8,10H2,1-2H3,(H,20,23). The van der Waals surface area contributed by atoms with E-state index in [1.165, 1.54) is 0 Å². The third-order valence-electron chi connectivity index (χ3n) is 3.29. The first-order valence-corrected chi connectivity index (χ1v) is 7.20. The SMILES string of the molecule is Cc1cc(C)n(-c2ccc(CCNC(=O)CC(F)(F)F)cc2)n1. The summed E-state index contributed by atoms with van der Waals surface area (Å²) in [6, 6.07) is 9.52. The predicted molar refractivity (Wildman–Crippen MR) is 80.4 cm³/mol. The van der Waals surface area contributed by atoms with Crippen molar-refractivity contribution in [2.45, 2.75) is 32.9 Å². The fourth-order valence-corrected chi connectivity index (χ4v) is 2.28. The van der Waals surface area contributed by atoms with Gasteiger partial charge in [0, 0.05) is 12.2 Å². The van der Waals surface area contributed by atoms with Crippen LogP contribution in [0.1, 0.15) is 23.4 Å². The Hall–Kier alpha value is -2.31. The minimum Gasteiger partial charge on any atom is -0.355 e. The van der Waals surface area contributed by atoms with Gasteiger partial charge in [0.1, 0.15) is 6.42 Å². The van der Waals surface area contributed by atoms with Gasteiger partial charge in [0.25, 0.3) is 0 Å². The Bertz CT molecular complexity index is 675. The van der Waals surface area contributed by atoms with Gasteiger partial charge in [-0.05, 0) is 44.0 Å². The number of carbonyl (C=O) groups excluding carboxylic acids is 1. The topological polar surface area (TPSA) is 46.9 Å². The second kappa shape index (κ2) is 6.85. The molecule has 1 amide bonds. The number of alkyl halides is 3. The van der Waals surface area contributed by atoms with Crippen LogP contribution in [0.5, 0.6) is 0 Å². The van der Waals surface area contributed by atoms with Crippen molar-refractivity contribution in [3.8, 4) is 5.69 Å².